The van der Waals surface area contributed by atoms with Crippen molar-refractivity contribution in [3.63, 3.8) is 0 Å². The molecule has 1 aromatic rings. The fourth-order valence-electron chi connectivity index (χ4n) is 1.12. The van der Waals surface area contributed by atoms with Crippen LogP contribution in [0.4, 0.5) is 0 Å². The zero-order valence-electron chi connectivity index (χ0n) is 8.85. The molecule has 5 nitrogen and oxygen atoms in total. The van der Waals surface area contributed by atoms with E-state index in [1.54, 1.807) is 0 Å². The highest BCUT2D eigenvalue weighted by Gasteiger charge is 2.17. The van der Waals surface area contributed by atoms with Gasteiger partial charge >= 0.3 is 11.9 Å². The number of Topliss-reactive ketones (excluding diaryl/α,β-unsaturated/α-hetero) is 1. The Bertz CT molecular complexity index is 436. The summed E-state index contributed by atoms with van der Waals surface area (Å²) in [5.41, 5.74) is 0.298. The Kier molecular flexibility index (Phi) is 3.77. The molecule has 0 radical (unpaired) electrons. The largest absolute Gasteiger partial charge is 0.465 e. The maximum Gasteiger partial charge on any atom is 0.379 e. The van der Waals surface area contributed by atoms with Gasteiger partial charge in [0.05, 0.1) is 19.8 Å². The van der Waals surface area contributed by atoms with Crippen molar-refractivity contribution in [1.82, 2.24) is 0 Å². The monoisotopic (exact) mass is 222 g/mol. The third-order valence-corrected chi connectivity index (χ3v) is 1.92. The minimum Gasteiger partial charge on any atom is -0.465 e. The Balaban J connectivity index is 3.03. The molecule has 0 saturated carbocycles. The molecule has 84 valence electrons. The van der Waals surface area contributed by atoms with Crippen molar-refractivity contribution in [1.29, 1.82) is 0 Å². The van der Waals surface area contributed by atoms with Crippen LogP contribution in [0.3, 0.4) is 0 Å². The van der Waals surface area contributed by atoms with Crippen LogP contribution in [0.25, 0.3) is 0 Å². The molecule has 0 unspecified atom stereocenters. The maximum atomic E-state index is 11.4. The van der Waals surface area contributed by atoms with E-state index in [0.717, 1.165) is 7.11 Å². The average Bonchev–Trinajstić information content (AvgIpc) is 2.36. The van der Waals surface area contributed by atoms with E-state index in [-0.39, 0.29) is 11.1 Å². The van der Waals surface area contributed by atoms with Crippen molar-refractivity contribution in [2.45, 2.75) is 0 Å². The predicted molar refractivity (Wildman–Crippen MR) is 54.1 cm³/mol. The van der Waals surface area contributed by atoms with E-state index in [1.165, 1.54) is 31.4 Å². The Morgan fingerprint density at radius 3 is 2.19 bits per heavy atom. The van der Waals surface area contributed by atoms with E-state index in [2.05, 4.69) is 9.47 Å². The van der Waals surface area contributed by atoms with E-state index in [0.29, 0.717) is 0 Å². The lowest BCUT2D eigenvalue weighted by Crippen LogP contribution is -2.16. The molecule has 1 rings (SSSR count). The molecule has 0 aliphatic heterocycles. The fraction of sp³-hybridized carbons (Fsp3) is 0.182. The quantitative estimate of drug-likeness (QED) is 0.430. The molecule has 0 amide bonds. The van der Waals surface area contributed by atoms with Gasteiger partial charge in [0.25, 0.3) is 5.78 Å². The van der Waals surface area contributed by atoms with Gasteiger partial charge in [-0.05, 0) is 12.1 Å². The summed E-state index contributed by atoms with van der Waals surface area (Å²) in [6, 6.07) is 5.68. The summed E-state index contributed by atoms with van der Waals surface area (Å²) in [6.07, 6.45) is 0. The number of rotatable bonds is 3. The Labute approximate surface area is 92.0 Å². The topological polar surface area (TPSA) is 69.7 Å². The van der Waals surface area contributed by atoms with Crippen LogP contribution in [0, 0.1) is 0 Å². The average molecular weight is 222 g/mol. The second kappa shape index (κ2) is 5.06. The number of carbonyl (C=O) groups excluding carboxylic acids is 3. The van der Waals surface area contributed by atoms with Gasteiger partial charge in [-0.2, -0.15) is 0 Å². The minimum atomic E-state index is -0.970. The predicted octanol–water partition coefficient (Wildman–Crippen LogP) is 0.829. The molecular weight excluding hydrogens is 212 g/mol. The summed E-state index contributed by atoms with van der Waals surface area (Å²) in [7, 11) is 2.35. The molecule has 0 saturated heterocycles. The van der Waals surface area contributed by atoms with Gasteiger partial charge in [-0.25, -0.2) is 9.59 Å². The number of ketones is 1. The van der Waals surface area contributed by atoms with Gasteiger partial charge in [0, 0.05) is 5.56 Å². The highest BCUT2D eigenvalue weighted by atomic mass is 16.5. The summed E-state index contributed by atoms with van der Waals surface area (Å²) < 4.78 is 8.78. The maximum absolute atomic E-state index is 11.4. The highest BCUT2D eigenvalue weighted by Crippen LogP contribution is 2.08. The third kappa shape index (κ3) is 2.44. The summed E-state index contributed by atoms with van der Waals surface area (Å²) in [5, 5.41) is 0. The number of carbonyl (C=O) groups is 3. The molecule has 0 bridgehead atoms. The van der Waals surface area contributed by atoms with E-state index in [9.17, 15) is 14.4 Å². The zero-order chi connectivity index (χ0) is 12.1. The third-order valence-electron chi connectivity index (χ3n) is 1.92. The number of hydrogen-bond donors (Lipinski definition) is 0. The smallest absolute Gasteiger partial charge is 0.379 e. The first-order valence-electron chi connectivity index (χ1n) is 4.41. The van der Waals surface area contributed by atoms with Crippen LogP contribution < -0.4 is 0 Å². The Morgan fingerprint density at radius 1 is 1.00 bits per heavy atom. The van der Waals surface area contributed by atoms with E-state index in [1.807, 2.05) is 0 Å². The van der Waals surface area contributed by atoms with E-state index in [4.69, 9.17) is 0 Å². The highest BCUT2D eigenvalue weighted by molar-refractivity contribution is 6.40. The summed E-state index contributed by atoms with van der Waals surface area (Å²) in [6.45, 7) is 0. The fourth-order valence-corrected chi connectivity index (χ4v) is 1.12. The van der Waals surface area contributed by atoms with Crippen molar-refractivity contribution in [3.05, 3.63) is 35.4 Å². The van der Waals surface area contributed by atoms with Gasteiger partial charge in [0.1, 0.15) is 0 Å². The van der Waals surface area contributed by atoms with Crippen molar-refractivity contribution >= 4 is 17.7 Å². The van der Waals surface area contributed by atoms with Crippen molar-refractivity contribution < 1.29 is 23.9 Å². The zero-order valence-corrected chi connectivity index (χ0v) is 8.85. The lowest BCUT2D eigenvalue weighted by atomic mass is 10.1. The second-order valence-electron chi connectivity index (χ2n) is 2.89. The van der Waals surface area contributed by atoms with Gasteiger partial charge in [-0.15, -0.1) is 0 Å². The molecule has 0 N–H and O–H groups in total. The molecular formula is C11H10O5. The van der Waals surface area contributed by atoms with E-state index < -0.39 is 17.7 Å². The van der Waals surface area contributed by atoms with Gasteiger partial charge in [0.2, 0.25) is 0 Å². The van der Waals surface area contributed by atoms with Crippen molar-refractivity contribution in [2.75, 3.05) is 14.2 Å². The molecule has 0 heterocycles. The number of benzene rings is 1. The molecule has 0 aliphatic rings. The number of ether oxygens (including phenoxy) is 2. The minimum absolute atomic E-state index is 0.0924. The first kappa shape index (κ1) is 11.9. The summed E-state index contributed by atoms with van der Waals surface area (Å²) in [5.74, 6) is -2.34. The van der Waals surface area contributed by atoms with Crippen LogP contribution in [0.2, 0.25) is 0 Å². The van der Waals surface area contributed by atoms with Gasteiger partial charge in [0.15, 0.2) is 0 Å². The molecule has 0 aromatic heterocycles. The molecule has 0 aliphatic carbocycles. The first-order chi connectivity index (χ1) is 7.60. The molecule has 5 heteroatoms. The summed E-state index contributed by atoms with van der Waals surface area (Å²) >= 11 is 0. The molecule has 1 aromatic carbocycles. The van der Waals surface area contributed by atoms with Gasteiger partial charge in [-0.3, -0.25) is 4.79 Å². The van der Waals surface area contributed by atoms with Crippen LogP contribution in [0.1, 0.15) is 20.7 Å². The summed E-state index contributed by atoms with van der Waals surface area (Å²) in [4.78, 5) is 33.6. The van der Waals surface area contributed by atoms with Crippen LogP contribution >= 0.6 is 0 Å². The molecule has 16 heavy (non-hydrogen) atoms. The number of hydrogen-bond acceptors (Lipinski definition) is 5. The molecule has 0 fully saturated rings. The Hall–Kier alpha value is -2.17. The van der Waals surface area contributed by atoms with Gasteiger partial charge < -0.3 is 9.47 Å². The lowest BCUT2D eigenvalue weighted by Gasteiger charge is -2.02. The van der Waals surface area contributed by atoms with Crippen LogP contribution in [-0.2, 0) is 14.3 Å². The standard InChI is InChI=1S/C11H10O5/c1-15-10(13)8-5-3-4-7(6-8)9(12)11(14)16-2/h3-6H,1-2H3. The van der Waals surface area contributed by atoms with Crippen LogP contribution in [0.5, 0.6) is 0 Å². The van der Waals surface area contributed by atoms with Crippen molar-refractivity contribution in [3.8, 4) is 0 Å². The van der Waals surface area contributed by atoms with Gasteiger partial charge in [-0.1, -0.05) is 12.1 Å². The SMILES string of the molecule is COC(=O)C(=O)c1cccc(C(=O)OC)c1. The van der Waals surface area contributed by atoms with Crippen molar-refractivity contribution in [2.24, 2.45) is 0 Å². The molecule has 0 atom stereocenters. The van der Waals surface area contributed by atoms with E-state index >= 15 is 0 Å². The van der Waals surface area contributed by atoms with Crippen LogP contribution in [-0.4, -0.2) is 31.9 Å². The normalized spacial score (nSPS) is 9.38. The number of methoxy groups -OCH3 is 2. The second-order valence-corrected chi connectivity index (χ2v) is 2.89. The lowest BCUT2D eigenvalue weighted by molar-refractivity contribution is -0.135. The molecule has 0 spiro atoms. The van der Waals surface area contributed by atoms with Crippen LogP contribution in [0.15, 0.2) is 24.3 Å². The number of esters is 2. The Morgan fingerprint density at radius 2 is 1.62 bits per heavy atom. The first-order valence-corrected chi connectivity index (χ1v) is 4.41.